The molecule has 2 heterocycles. The van der Waals surface area contributed by atoms with E-state index in [4.69, 9.17) is 20.8 Å². The summed E-state index contributed by atoms with van der Waals surface area (Å²) in [6, 6.07) is -0.144. The van der Waals surface area contributed by atoms with E-state index in [0.29, 0.717) is 31.7 Å². The molecule has 1 amide bonds. The number of morpholine rings is 1. The van der Waals surface area contributed by atoms with Crippen LogP contribution < -0.4 is 10.2 Å². The van der Waals surface area contributed by atoms with Crippen molar-refractivity contribution >= 4 is 23.5 Å². The lowest BCUT2D eigenvalue weighted by molar-refractivity contribution is -0.124. The molecule has 8 heteroatoms. The van der Waals surface area contributed by atoms with E-state index in [9.17, 15) is 4.79 Å². The van der Waals surface area contributed by atoms with Crippen LogP contribution in [0.15, 0.2) is 4.42 Å². The van der Waals surface area contributed by atoms with Crippen molar-refractivity contribution in [2.45, 2.75) is 11.9 Å². The molecule has 94 valence electrons. The van der Waals surface area contributed by atoms with Gasteiger partial charge in [-0.05, 0) is 0 Å². The molecule has 0 aliphatic carbocycles. The van der Waals surface area contributed by atoms with Crippen LogP contribution in [0.3, 0.4) is 0 Å². The number of halogens is 1. The van der Waals surface area contributed by atoms with Crippen LogP contribution >= 0.6 is 11.6 Å². The lowest BCUT2D eigenvalue weighted by atomic mass is 10.2. The summed E-state index contributed by atoms with van der Waals surface area (Å²) in [7, 11) is 1.58. The average molecular weight is 261 g/mol. The van der Waals surface area contributed by atoms with Crippen LogP contribution in [0.1, 0.15) is 5.89 Å². The predicted molar refractivity (Wildman–Crippen MR) is 59.9 cm³/mol. The van der Waals surface area contributed by atoms with Gasteiger partial charge >= 0.3 is 6.01 Å². The zero-order valence-electron chi connectivity index (χ0n) is 9.35. The van der Waals surface area contributed by atoms with Gasteiger partial charge in [-0.1, -0.05) is 5.10 Å². The van der Waals surface area contributed by atoms with E-state index in [1.54, 1.807) is 11.9 Å². The van der Waals surface area contributed by atoms with Crippen LogP contribution in [0.4, 0.5) is 6.01 Å². The van der Waals surface area contributed by atoms with Gasteiger partial charge in [-0.25, -0.2) is 0 Å². The molecule has 17 heavy (non-hydrogen) atoms. The number of carbonyl (C=O) groups is 1. The third-order valence-corrected chi connectivity index (χ3v) is 2.72. The highest BCUT2D eigenvalue weighted by Crippen LogP contribution is 2.18. The Morgan fingerprint density at radius 2 is 2.47 bits per heavy atom. The van der Waals surface area contributed by atoms with Crippen LogP contribution in [-0.2, 0) is 15.4 Å². The monoisotopic (exact) mass is 260 g/mol. The van der Waals surface area contributed by atoms with Crippen molar-refractivity contribution < 1.29 is 13.9 Å². The van der Waals surface area contributed by atoms with Crippen molar-refractivity contribution in [3.8, 4) is 0 Å². The Balaban J connectivity index is 2.18. The van der Waals surface area contributed by atoms with Crippen molar-refractivity contribution in [1.82, 2.24) is 15.5 Å². The Morgan fingerprint density at radius 3 is 3.12 bits per heavy atom. The van der Waals surface area contributed by atoms with E-state index in [-0.39, 0.29) is 11.8 Å². The number of nitrogens with one attached hydrogen (secondary N) is 1. The highest BCUT2D eigenvalue weighted by atomic mass is 35.5. The van der Waals surface area contributed by atoms with E-state index in [1.807, 2.05) is 0 Å². The van der Waals surface area contributed by atoms with Gasteiger partial charge in [0.1, 0.15) is 11.9 Å². The first-order chi connectivity index (χ1) is 8.26. The molecule has 0 aromatic carbocycles. The highest BCUT2D eigenvalue weighted by molar-refractivity contribution is 6.16. The molecule has 1 aromatic rings. The fraction of sp³-hybridized carbons (Fsp3) is 0.667. The second kappa shape index (κ2) is 5.33. The van der Waals surface area contributed by atoms with E-state index in [1.165, 1.54) is 0 Å². The third-order valence-electron chi connectivity index (χ3n) is 2.49. The van der Waals surface area contributed by atoms with Crippen LogP contribution in [0.5, 0.6) is 0 Å². The van der Waals surface area contributed by atoms with Crippen molar-refractivity contribution in [2.24, 2.45) is 0 Å². The van der Waals surface area contributed by atoms with Gasteiger partial charge < -0.3 is 19.4 Å². The second-order valence-corrected chi connectivity index (χ2v) is 3.78. The zero-order valence-corrected chi connectivity index (χ0v) is 10.1. The van der Waals surface area contributed by atoms with Crippen molar-refractivity contribution in [2.75, 3.05) is 31.7 Å². The molecule has 1 unspecified atom stereocenters. The summed E-state index contributed by atoms with van der Waals surface area (Å²) in [6.45, 7) is 1.35. The maximum absolute atomic E-state index is 11.7. The first-order valence-electron chi connectivity index (χ1n) is 5.20. The minimum Gasteiger partial charge on any atom is -0.407 e. The molecule has 0 radical (unpaired) electrons. The van der Waals surface area contributed by atoms with E-state index in [0.717, 1.165) is 0 Å². The molecule has 0 spiro atoms. The molecule has 1 fully saturated rings. The van der Waals surface area contributed by atoms with Gasteiger partial charge in [-0.2, -0.15) is 0 Å². The maximum atomic E-state index is 11.7. The SMILES string of the molecule is CNC(=O)C1COCCN1c1nnc(CCl)o1. The lowest BCUT2D eigenvalue weighted by Gasteiger charge is -2.32. The smallest absolute Gasteiger partial charge is 0.319 e. The molecular formula is C9H13ClN4O3. The van der Waals surface area contributed by atoms with E-state index >= 15 is 0 Å². The number of carbonyl (C=O) groups excluding carboxylic acids is 1. The van der Waals surface area contributed by atoms with Crippen LogP contribution in [0.2, 0.25) is 0 Å². The second-order valence-electron chi connectivity index (χ2n) is 3.51. The Labute approximate surface area is 103 Å². The predicted octanol–water partition coefficient (Wildman–Crippen LogP) is -0.240. The molecular weight excluding hydrogens is 248 g/mol. The average Bonchev–Trinajstić information content (AvgIpc) is 2.86. The Morgan fingerprint density at radius 1 is 1.65 bits per heavy atom. The lowest BCUT2D eigenvalue weighted by Crippen LogP contribution is -2.53. The summed E-state index contributed by atoms with van der Waals surface area (Å²) in [5, 5.41) is 10.2. The molecule has 0 bridgehead atoms. The van der Waals surface area contributed by atoms with E-state index in [2.05, 4.69) is 15.5 Å². The highest BCUT2D eigenvalue weighted by Gasteiger charge is 2.32. The number of anilines is 1. The number of ether oxygens (including phenoxy) is 1. The Bertz CT molecular complexity index is 397. The fourth-order valence-corrected chi connectivity index (χ4v) is 1.74. The minimum absolute atomic E-state index is 0.143. The normalized spacial score (nSPS) is 20.4. The number of nitrogens with zero attached hydrogens (tertiary/aromatic N) is 3. The van der Waals surface area contributed by atoms with Gasteiger partial charge in [0, 0.05) is 13.6 Å². The van der Waals surface area contributed by atoms with Crippen molar-refractivity contribution in [3.63, 3.8) is 0 Å². The van der Waals surface area contributed by atoms with Gasteiger partial charge in [0.25, 0.3) is 0 Å². The number of amides is 1. The molecule has 0 saturated carbocycles. The van der Waals surface area contributed by atoms with E-state index < -0.39 is 6.04 Å². The Kier molecular flexibility index (Phi) is 3.80. The number of likely N-dealkylation sites (N-methyl/N-ethyl adjacent to an activating group) is 1. The molecule has 1 aliphatic rings. The number of alkyl halides is 1. The molecule has 1 N–H and O–H groups in total. The van der Waals surface area contributed by atoms with Crippen LogP contribution in [0.25, 0.3) is 0 Å². The number of hydrogen-bond acceptors (Lipinski definition) is 6. The molecule has 1 aromatic heterocycles. The molecule has 2 rings (SSSR count). The van der Waals surface area contributed by atoms with Crippen molar-refractivity contribution in [1.29, 1.82) is 0 Å². The first kappa shape index (κ1) is 12.1. The van der Waals surface area contributed by atoms with Crippen molar-refractivity contribution in [3.05, 3.63) is 5.89 Å². The first-order valence-corrected chi connectivity index (χ1v) is 5.74. The topological polar surface area (TPSA) is 80.5 Å². The number of hydrogen-bond donors (Lipinski definition) is 1. The van der Waals surface area contributed by atoms with Gasteiger partial charge in [0.15, 0.2) is 0 Å². The fourth-order valence-electron chi connectivity index (χ4n) is 1.63. The van der Waals surface area contributed by atoms with Gasteiger partial charge in [-0.3, -0.25) is 4.79 Å². The summed E-state index contributed by atoms with van der Waals surface area (Å²) in [4.78, 5) is 13.4. The molecule has 1 saturated heterocycles. The molecule has 1 atom stereocenters. The molecule has 7 nitrogen and oxygen atoms in total. The summed E-state index contributed by atoms with van der Waals surface area (Å²) >= 11 is 5.59. The summed E-state index contributed by atoms with van der Waals surface area (Å²) in [6.07, 6.45) is 0. The Hall–Kier alpha value is -1.34. The third kappa shape index (κ3) is 2.50. The van der Waals surface area contributed by atoms with Gasteiger partial charge in [0.2, 0.25) is 11.8 Å². The zero-order chi connectivity index (χ0) is 12.3. The maximum Gasteiger partial charge on any atom is 0.319 e. The van der Waals surface area contributed by atoms with Crippen LogP contribution in [-0.4, -0.2) is 49.0 Å². The molecule has 1 aliphatic heterocycles. The summed E-state index contributed by atoms with van der Waals surface area (Å²) in [5.74, 6) is 0.348. The summed E-state index contributed by atoms with van der Waals surface area (Å²) < 4.78 is 10.6. The van der Waals surface area contributed by atoms with Gasteiger partial charge in [0.05, 0.1) is 13.2 Å². The summed E-state index contributed by atoms with van der Waals surface area (Å²) in [5.41, 5.74) is 0. The number of rotatable bonds is 3. The quantitative estimate of drug-likeness (QED) is 0.756. The van der Waals surface area contributed by atoms with Gasteiger partial charge in [-0.15, -0.1) is 16.7 Å². The number of aromatic nitrogens is 2. The van der Waals surface area contributed by atoms with Crippen LogP contribution in [0, 0.1) is 0 Å². The largest absolute Gasteiger partial charge is 0.407 e. The standard InChI is InChI=1S/C9H13ClN4O3/c1-11-8(15)6-5-16-3-2-14(6)9-13-12-7(4-10)17-9/h6H,2-5H2,1H3,(H,11,15). The minimum atomic E-state index is -0.447.